The van der Waals surface area contributed by atoms with Gasteiger partial charge in [0.2, 0.25) is 5.28 Å². The average molecular weight is 364 g/mol. The summed E-state index contributed by atoms with van der Waals surface area (Å²) in [5, 5.41) is -0.429. The summed E-state index contributed by atoms with van der Waals surface area (Å²) in [6.45, 7) is 1.58. The Morgan fingerprint density at radius 1 is 1.33 bits per heavy atom. The van der Waals surface area contributed by atoms with Crippen molar-refractivity contribution in [1.82, 2.24) is 9.97 Å². The van der Waals surface area contributed by atoms with Crippen molar-refractivity contribution in [3.8, 4) is 11.3 Å². The van der Waals surface area contributed by atoms with Gasteiger partial charge in [0.15, 0.2) is 5.69 Å². The molecule has 0 radical (unpaired) electrons. The number of alkyl halides is 3. The molecular formula is C14H10ClF4N3O2. The third-order valence-electron chi connectivity index (χ3n) is 2.94. The summed E-state index contributed by atoms with van der Waals surface area (Å²) in [5.74, 6) is -2.13. The fourth-order valence-electron chi connectivity index (χ4n) is 1.89. The highest BCUT2D eigenvalue weighted by Crippen LogP contribution is 2.34. The Hall–Kier alpha value is -2.42. The van der Waals surface area contributed by atoms with Gasteiger partial charge in [-0.3, -0.25) is 0 Å². The molecule has 1 heterocycles. The predicted molar refractivity (Wildman–Crippen MR) is 77.8 cm³/mol. The molecule has 1 aromatic carbocycles. The largest absolute Gasteiger partial charge is 0.461 e. The van der Waals surface area contributed by atoms with Gasteiger partial charge in [-0.1, -0.05) is 0 Å². The summed E-state index contributed by atoms with van der Waals surface area (Å²) in [6.07, 6.45) is -4.70. The highest BCUT2D eigenvalue weighted by atomic mass is 35.5. The predicted octanol–water partition coefficient (Wildman–Crippen LogP) is 3.71. The number of nitrogen functional groups attached to an aromatic ring is 1. The van der Waals surface area contributed by atoms with Crippen molar-refractivity contribution in [2.24, 2.45) is 0 Å². The minimum absolute atomic E-state index is 0.0316. The molecule has 1 aromatic heterocycles. The number of rotatable bonds is 3. The van der Waals surface area contributed by atoms with E-state index in [9.17, 15) is 22.4 Å². The maximum absolute atomic E-state index is 14.1. The topological polar surface area (TPSA) is 78.1 Å². The zero-order valence-electron chi connectivity index (χ0n) is 12.1. The highest BCUT2D eigenvalue weighted by molar-refractivity contribution is 6.28. The Bertz CT molecular complexity index is 796. The number of hydrogen-bond donors (Lipinski definition) is 1. The second-order valence-corrected chi connectivity index (χ2v) is 4.85. The van der Waals surface area contributed by atoms with Crippen LogP contribution in [-0.2, 0) is 10.9 Å². The Labute approximate surface area is 138 Å². The van der Waals surface area contributed by atoms with Crippen LogP contribution in [0, 0.1) is 5.82 Å². The van der Waals surface area contributed by atoms with Gasteiger partial charge in [-0.15, -0.1) is 0 Å². The number of nitrogens with two attached hydrogens (primary N) is 1. The Morgan fingerprint density at radius 2 is 2.00 bits per heavy atom. The lowest BCUT2D eigenvalue weighted by atomic mass is 10.1. The Balaban J connectivity index is 2.59. The maximum atomic E-state index is 14.1. The minimum Gasteiger partial charge on any atom is -0.461 e. The van der Waals surface area contributed by atoms with E-state index in [0.29, 0.717) is 12.1 Å². The first-order valence-corrected chi connectivity index (χ1v) is 6.90. The van der Waals surface area contributed by atoms with Gasteiger partial charge in [0, 0.05) is 5.56 Å². The van der Waals surface area contributed by atoms with Crippen LogP contribution >= 0.6 is 11.6 Å². The maximum Gasteiger partial charge on any atom is 0.416 e. The summed E-state index contributed by atoms with van der Waals surface area (Å²) in [6, 6.07) is 1.81. The van der Waals surface area contributed by atoms with Crippen LogP contribution in [0.3, 0.4) is 0 Å². The first-order valence-electron chi connectivity index (χ1n) is 6.52. The van der Waals surface area contributed by atoms with Crippen LogP contribution in [0.15, 0.2) is 18.2 Å². The molecule has 24 heavy (non-hydrogen) atoms. The van der Waals surface area contributed by atoms with E-state index in [-0.39, 0.29) is 23.6 Å². The van der Waals surface area contributed by atoms with E-state index in [1.165, 1.54) is 0 Å². The monoisotopic (exact) mass is 363 g/mol. The second-order valence-electron chi connectivity index (χ2n) is 4.52. The minimum atomic E-state index is -4.70. The highest BCUT2D eigenvalue weighted by Gasteiger charge is 2.32. The molecule has 0 saturated heterocycles. The number of anilines is 1. The lowest BCUT2D eigenvalue weighted by Gasteiger charge is -2.12. The summed E-state index contributed by atoms with van der Waals surface area (Å²) in [5.41, 5.74) is 3.16. The molecule has 0 spiro atoms. The number of aromatic nitrogens is 2. The molecule has 2 N–H and O–H groups in total. The standard InChI is InChI=1S/C14H10ClF4N3O2/c1-2-24-12(23)11-9(20)10(21-13(15)22-11)7-4-3-6(5-8(7)16)14(17,18)19/h3-5H,2,20H2,1H3. The van der Waals surface area contributed by atoms with Crippen LogP contribution in [0.25, 0.3) is 11.3 Å². The molecule has 5 nitrogen and oxygen atoms in total. The first-order chi connectivity index (χ1) is 11.1. The van der Waals surface area contributed by atoms with Gasteiger partial charge >= 0.3 is 12.1 Å². The normalized spacial score (nSPS) is 11.4. The van der Waals surface area contributed by atoms with E-state index >= 15 is 0 Å². The van der Waals surface area contributed by atoms with Crippen molar-refractivity contribution in [2.45, 2.75) is 13.1 Å². The molecule has 10 heteroatoms. The molecular weight excluding hydrogens is 354 g/mol. The van der Waals surface area contributed by atoms with E-state index in [0.717, 1.165) is 6.07 Å². The zero-order chi connectivity index (χ0) is 18.1. The average Bonchev–Trinajstić information content (AvgIpc) is 2.48. The molecule has 0 unspecified atom stereocenters. The fourth-order valence-corrected chi connectivity index (χ4v) is 2.05. The van der Waals surface area contributed by atoms with Gasteiger partial charge in [-0.05, 0) is 36.7 Å². The smallest absolute Gasteiger partial charge is 0.416 e. The van der Waals surface area contributed by atoms with Crippen molar-refractivity contribution in [2.75, 3.05) is 12.3 Å². The molecule has 0 amide bonds. The van der Waals surface area contributed by atoms with Crippen LogP contribution in [-0.4, -0.2) is 22.5 Å². The molecule has 0 bridgehead atoms. The number of carbonyl (C=O) groups is 1. The molecule has 0 saturated carbocycles. The summed E-state index contributed by atoms with van der Waals surface area (Å²) in [4.78, 5) is 19.1. The van der Waals surface area contributed by atoms with Crippen molar-refractivity contribution in [3.05, 3.63) is 40.6 Å². The number of hydrogen-bond acceptors (Lipinski definition) is 5. The number of esters is 1. The van der Waals surface area contributed by atoms with Crippen molar-refractivity contribution in [1.29, 1.82) is 0 Å². The van der Waals surface area contributed by atoms with E-state index in [4.69, 9.17) is 22.1 Å². The third-order valence-corrected chi connectivity index (χ3v) is 3.11. The number of carbonyl (C=O) groups excluding carboxylic acids is 1. The van der Waals surface area contributed by atoms with Gasteiger partial charge in [-0.2, -0.15) is 13.2 Å². The van der Waals surface area contributed by atoms with E-state index in [1.807, 2.05) is 0 Å². The molecule has 0 aliphatic carbocycles. The van der Waals surface area contributed by atoms with Crippen LogP contribution < -0.4 is 5.73 Å². The quantitative estimate of drug-likeness (QED) is 0.511. The molecule has 0 aliphatic heterocycles. The fraction of sp³-hybridized carbons (Fsp3) is 0.214. The molecule has 0 fully saturated rings. The number of benzene rings is 1. The van der Waals surface area contributed by atoms with Gasteiger partial charge in [-0.25, -0.2) is 19.2 Å². The number of nitrogens with zero attached hydrogens (tertiary/aromatic N) is 2. The van der Waals surface area contributed by atoms with Crippen LogP contribution in [0.5, 0.6) is 0 Å². The molecule has 2 aromatic rings. The van der Waals surface area contributed by atoms with Crippen LogP contribution in [0.1, 0.15) is 23.0 Å². The van der Waals surface area contributed by atoms with Crippen LogP contribution in [0.4, 0.5) is 23.2 Å². The van der Waals surface area contributed by atoms with Crippen molar-refractivity contribution in [3.63, 3.8) is 0 Å². The lowest BCUT2D eigenvalue weighted by molar-refractivity contribution is -0.137. The van der Waals surface area contributed by atoms with Gasteiger partial charge in [0.05, 0.1) is 17.9 Å². The SMILES string of the molecule is CCOC(=O)c1nc(Cl)nc(-c2ccc(C(F)(F)F)cc2F)c1N. The molecule has 0 aliphatic rings. The van der Waals surface area contributed by atoms with E-state index < -0.39 is 34.5 Å². The number of ether oxygens (including phenoxy) is 1. The van der Waals surface area contributed by atoms with Crippen molar-refractivity contribution < 1.29 is 27.1 Å². The van der Waals surface area contributed by atoms with E-state index in [1.54, 1.807) is 6.92 Å². The molecule has 128 valence electrons. The van der Waals surface area contributed by atoms with Gasteiger partial charge < -0.3 is 10.5 Å². The van der Waals surface area contributed by atoms with Crippen molar-refractivity contribution >= 4 is 23.3 Å². The Morgan fingerprint density at radius 3 is 2.54 bits per heavy atom. The second kappa shape index (κ2) is 6.60. The van der Waals surface area contributed by atoms with E-state index in [2.05, 4.69) is 9.97 Å². The lowest BCUT2D eigenvalue weighted by Crippen LogP contribution is -2.13. The number of halogens is 5. The zero-order valence-corrected chi connectivity index (χ0v) is 12.9. The summed E-state index contributed by atoms with van der Waals surface area (Å²) < 4.78 is 56.6. The first kappa shape index (κ1) is 17.9. The van der Waals surface area contributed by atoms with Gasteiger partial charge in [0.1, 0.15) is 11.5 Å². The molecule has 2 rings (SSSR count). The van der Waals surface area contributed by atoms with Gasteiger partial charge in [0.25, 0.3) is 0 Å². The molecule has 0 atom stereocenters. The Kier molecular flexibility index (Phi) is 4.93. The summed E-state index contributed by atoms with van der Waals surface area (Å²) >= 11 is 5.68. The summed E-state index contributed by atoms with van der Waals surface area (Å²) in [7, 11) is 0. The van der Waals surface area contributed by atoms with Crippen LogP contribution in [0.2, 0.25) is 5.28 Å². The third kappa shape index (κ3) is 3.56.